The lowest BCUT2D eigenvalue weighted by molar-refractivity contribution is 0.0730. The number of benzene rings is 4. The smallest absolute Gasteiger partial charge is 0.254 e. The minimum atomic E-state index is -4.24. The molecule has 8 heteroatoms. The summed E-state index contributed by atoms with van der Waals surface area (Å²) in [5.41, 5.74) is 2.50. The van der Waals surface area contributed by atoms with Crippen molar-refractivity contribution >= 4 is 21.6 Å². The maximum atomic E-state index is 14.0. The molecule has 0 saturated carbocycles. The number of primary sulfonamides is 1. The number of carbonyl (C=O) groups is 1. The van der Waals surface area contributed by atoms with Crippen molar-refractivity contribution in [1.82, 2.24) is 4.90 Å². The van der Waals surface area contributed by atoms with Crippen LogP contribution in [0.1, 0.15) is 41.3 Å². The number of para-hydroxylation sites is 1. The highest BCUT2D eigenvalue weighted by molar-refractivity contribution is 7.89. The highest BCUT2D eigenvalue weighted by Crippen LogP contribution is 2.37. The summed E-state index contributed by atoms with van der Waals surface area (Å²) in [7, 11) is -4.24. The number of amides is 1. The molecule has 0 aliphatic rings. The van der Waals surface area contributed by atoms with Gasteiger partial charge < -0.3 is 15.0 Å². The van der Waals surface area contributed by atoms with Gasteiger partial charge in [0.15, 0.2) is 5.75 Å². The number of carbonyl (C=O) groups excluding carboxylic acids is 1. The third-order valence-electron chi connectivity index (χ3n) is 6.14. The van der Waals surface area contributed by atoms with Crippen molar-refractivity contribution in [2.24, 2.45) is 5.14 Å². The summed E-state index contributed by atoms with van der Waals surface area (Å²) in [6, 6.07) is 31.2. The molecule has 0 saturated heterocycles. The van der Waals surface area contributed by atoms with E-state index in [1.54, 1.807) is 35.2 Å². The van der Waals surface area contributed by atoms with Gasteiger partial charge in [0.05, 0.1) is 5.69 Å². The number of hydrogen-bond acceptors (Lipinski definition) is 5. The van der Waals surface area contributed by atoms with Crippen molar-refractivity contribution in [2.75, 3.05) is 11.9 Å². The van der Waals surface area contributed by atoms with Gasteiger partial charge in [-0.15, -0.1) is 0 Å². The average Bonchev–Trinajstić information content (AvgIpc) is 2.94. The van der Waals surface area contributed by atoms with Crippen LogP contribution in [0, 0.1) is 0 Å². The predicted molar refractivity (Wildman–Crippen MR) is 154 cm³/mol. The Morgan fingerprint density at radius 2 is 1.38 bits per heavy atom. The van der Waals surface area contributed by atoms with Crippen LogP contribution in [0.5, 0.6) is 11.5 Å². The number of nitrogens with two attached hydrogens (primary N) is 1. The Morgan fingerprint density at radius 3 is 1.90 bits per heavy atom. The van der Waals surface area contributed by atoms with Crippen molar-refractivity contribution in [1.29, 1.82) is 0 Å². The first kappa shape index (κ1) is 27.9. The number of sulfonamides is 1. The fourth-order valence-corrected chi connectivity index (χ4v) is 4.87. The SMILES string of the molecule is CCCCNc1cc(C(=O)N(Cc2ccccc2)Cc2ccccc2)cc(S(N)(=O)=O)c1Oc1ccccc1. The summed E-state index contributed by atoms with van der Waals surface area (Å²) in [6.45, 7) is 3.32. The van der Waals surface area contributed by atoms with E-state index in [-0.39, 0.29) is 22.1 Å². The maximum Gasteiger partial charge on any atom is 0.254 e. The zero-order chi connectivity index (χ0) is 27.7. The molecule has 0 heterocycles. The highest BCUT2D eigenvalue weighted by atomic mass is 32.2. The van der Waals surface area contributed by atoms with E-state index < -0.39 is 10.0 Å². The van der Waals surface area contributed by atoms with E-state index in [0.29, 0.717) is 31.1 Å². The lowest BCUT2D eigenvalue weighted by Gasteiger charge is -2.25. The molecule has 0 spiro atoms. The first-order valence-corrected chi connectivity index (χ1v) is 14.4. The predicted octanol–water partition coefficient (Wildman–Crippen LogP) is 6.18. The van der Waals surface area contributed by atoms with Crippen LogP contribution >= 0.6 is 0 Å². The number of nitrogens with zero attached hydrogens (tertiary/aromatic N) is 1. The molecule has 4 aromatic rings. The van der Waals surface area contributed by atoms with Gasteiger partial charge in [0.1, 0.15) is 10.6 Å². The van der Waals surface area contributed by atoms with Crippen molar-refractivity contribution < 1.29 is 17.9 Å². The van der Waals surface area contributed by atoms with Crippen LogP contribution in [0.2, 0.25) is 0 Å². The lowest BCUT2D eigenvalue weighted by atomic mass is 10.1. The van der Waals surface area contributed by atoms with E-state index >= 15 is 0 Å². The number of ether oxygens (including phenoxy) is 1. The van der Waals surface area contributed by atoms with Gasteiger partial charge in [-0.25, -0.2) is 13.6 Å². The minimum Gasteiger partial charge on any atom is -0.454 e. The quantitative estimate of drug-likeness (QED) is 0.208. The number of nitrogens with one attached hydrogen (secondary N) is 1. The van der Waals surface area contributed by atoms with Crippen molar-refractivity contribution in [3.8, 4) is 11.5 Å². The third kappa shape index (κ3) is 7.69. The van der Waals surface area contributed by atoms with Crippen LogP contribution in [0.3, 0.4) is 0 Å². The van der Waals surface area contributed by atoms with Gasteiger partial charge in [-0.1, -0.05) is 92.2 Å². The monoisotopic (exact) mass is 543 g/mol. The van der Waals surface area contributed by atoms with E-state index in [9.17, 15) is 13.2 Å². The molecule has 4 rings (SSSR count). The summed E-state index contributed by atoms with van der Waals surface area (Å²) < 4.78 is 31.6. The van der Waals surface area contributed by atoms with Crippen LogP contribution < -0.4 is 15.2 Å². The van der Waals surface area contributed by atoms with E-state index in [0.717, 1.165) is 24.0 Å². The van der Waals surface area contributed by atoms with Crippen molar-refractivity contribution in [3.63, 3.8) is 0 Å². The molecular weight excluding hydrogens is 510 g/mol. The number of hydrogen-bond donors (Lipinski definition) is 2. The molecule has 0 radical (unpaired) electrons. The first-order chi connectivity index (χ1) is 18.8. The van der Waals surface area contributed by atoms with E-state index in [1.807, 2.05) is 66.7 Å². The second-order valence-electron chi connectivity index (χ2n) is 9.22. The normalized spacial score (nSPS) is 11.1. The van der Waals surface area contributed by atoms with E-state index in [2.05, 4.69) is 12.2 Å². The number of anilines is 1. The van der Waals surface area contributed by atoms with Crippen LogP contribution in [0.15, 0.2) is 108 Å². The topological polar surface area (TPSA) is 102 Å². The molecule has 202 valence electrons. The van der Waals surface area contributed by atoms with E-state index in [4.69, 9.17) is 9.88 Å². The number of rotatable bonds is 12. The summed E-state index contributed by atoms with van der Waals surface area (Å²) in [5, 5.41) is 8.93. The van der Waals surface area contributed by atoms with Gasteiger partial charge >= 0.3 is 0 Å². The zero-order valence-electron chi connectivity index (χ0n) is 21.9. The molecule has 1 amide bonds. The molecule has 7 nitrogen and oxygen atoms in total. The Balaban J connectivity index is 1.79. The van der Waals surface area contributed by atoms with Crippen LogP contribution in [-0.4, -0.2) is 25.8 Å². The molecule has 0 aromatic heterocycles. The Bertz CT molecular complexity index is 1440. The minimum absolute atomic E-state index is 0.0639. The molecule has 0 bridgehead atoms. The van der Waals surface area contributed by atoms with Gasteiger partial charge in [0.25, 0.3) is 5.91 Å². The lowest BCUT2D eigenvalue weighted by Crippen LogP contribution is -2.30. The van der Waals surface area contributed by atoms with Crippen LogP contribution in [-0.2, 0) is 23.1 Å². The molecule has 3 N–H and O–H groups in total. The molecule has 0 aliphatic heterocycles. The standard InChI is InChI=1S/C31H33N3O4S/c1-2-3-19-33-28-20-26(21-29(39(32,36)37)30(28)38-27-17-11-6-12-18-27)31(35)34(22-24-13-7-4-8-14-24)23-25-15-9-5-10-16-25/h4-18,20-21,33H,2-3,19,22-23H2,1H3,(H2,32,36,37). The van der Waals surface area contributed by atoms with Gasteiger partial charge in [-0.3, -0.25) is 4.79 Å². The molecule has 0 fully saturated rings. The van der Waals surface area contributed by atoms with Crippen LogP contribution in [0.4, 0.5) is 5.69 Å². The second kappa shape index (κ2) is 13.1. The molecule has 0 atom stereocenters. The molecule has 0 unspecified atom stereocenters. The summed E-state index contributed by atoms with van der Waals surface area (Å²) in [5.74, 6) is 0.196. The second-order valence-corrected chi connectivity index (χ2v) is 10.8. The van der Waals surface area contributed by atoms with E-state index in [1.165, 1.54) is 6.07 Å². The fourth-order valence-electron chi connectivity index (χ4n) is 4.17. The van der Waals surface area contributed by atoms with Gasteiger partial charge in [-0.2, -0.15) is 0 Å². The van der Waals surface area contributed by atoms with Gasteiger partial charge in [-0.05, 0) is 41.8 Å². The largest absolute Gasteiger partial charge is 0.454 e. The summed E-state index contributed by atoms with van der Waals surface area (Å²) in [6.07, 6.45) is 1.78. The zero-order valence-corrected chi connectivity index (χ0v) is 22.7. The maximum absolute atomic E-state index is 14.0. The molecular formula is C31H33N3O4S. The third-order valence-corrected chi connectivity index (χ3v) is 7.05. The van der Waals surface area contributed by atoms with Crippen molar-refractivity contribution in [3.05, 3.63) is 120 Å². The fraction of sp³-hybridized carbons (Fsp3) is 0.194. The Morgan fingerprint density at radius 1 is 0.846 bits per heavy atom. The number of unbranched alkanes of at least 4 members (excludes halogenated alkanes) is 1. The Labute approximate surface area is 230 Å². The first-order valence-electron chi connectivity index (χ1n) is 12.9. The molecule has 39 heavy (non-hydrogen) atoms. The Kier molecular flexibility index (Phi) is 9.35. The van der Waals surface area contributed by atoms with Crippen LogP contribution in [0.25, 0.3) is 0 Å². The van der Waals surface area contributed by atoms with Gasteiger partial charge in [0, 0.05) is 25.2 Å². The summed E-state index contributed by atoms with van der Waals surface area (Å²) >= 11 is 0. The molecule has 4 aromatic carbocycles. The summed E-state index contributed by atoms with van der Waals surface area (Å²) in [4.78, 5) is 15.4. The van der Waals surface area contributed by atoms with Crippen molar-refractivity contribution in [2.45, 2.75) is 37.8 Å². The van der Waals surface area contributed by atoms with Gasteiger partial charge in [0.2, 0.25) is 10.0 Å². The molecule has 0 aliphatic carbocycles. The Hall–Kier alpha value is -4.14. The highest BCUT2D eigenvalue weighted by Gasteiger charge is 2.26. The average molecular weight is 544 g/mol.